The van der Waals surface area contributed by atoms with Crippen molar-refractivity contribution in [2.75, 3.05) is 12.0 Å². The molecule has 0 aromatic heterocycles. The zero-order valence-corrected chi connectivity index (χ0v) is 19.7. The third-order valence-electron chi connectivity index (χ3n) is 5.00. The third-order valence-corrected chi connectivity index (χ3v) is 5.52. The Morgan fingerprint density at radius 3 is 2.51 bits per heavy atom. The molecule has 178 valence electrons. The molecular weight excluding hydrogens is 498 g/mol. The summed E-state index contributed by atoms with van der Waals surface area (Å²) < 4.78 is 24.5. The van der Waals surface area contributed by atoms with E-state index in [1.807, 2.05) is 0 Å². The van der Waals surface area contributed by atoms with E-state index in [0.29, 0.717) is 16.1 Å². The van der Waals surface area contributed by atoms with Gasteiger partial charge in [-0.25, -0.2) is 14.1 Å². The maximum absolute atomic E-state index is 13.4. The summed E-state index contributed by atoms with van der Waals surface area (Å²) in [6, 6.07) is 14.1. The number of hydrogen-bond acceptors (Lipinski definition) is 5. The van der Waals surface area contributed by atoms with E-state index in [-0.39, 0.29) is 34.4 Å². The van der Waals surface area contributed by atoms with Gasteiger partial charge in [-0.3, -0.25) is 14.9 Å². The van der Waals surface area contributed by atoms with Crippen molar-refractivity contribution in [1.82, 2.24) is 5.32 Å². The van der Waals surface area contributed by atoms with Crippen molar-refractivity contribution in [2.24, 2.45) is 0 Å². The van der Waals surface area contributed by atoms with Crippen molar-refractivity contribution in [3.8, 4) is 11.5 Å². The zero-order valence-electron chi connectivity index (χ0n) is 18.2. The van der Waals surface area contributed by atoms with Gasteiger partial charge in [0.15, 0.2) is 11.5 Å². The van der Waals surface area contributed by atoms with Gasteiger partial charge in [0, 0.05) is 5.02 Å². The van der Waals surface area contributed by atoms with E-state index in [2.05, 4.69) is 5.32 Å². The molecule has 4 amide bonds. The highest BCUT2D eigenvalue weighted by Gasteiger charge is 2.37. The number of urea groups is 1. The molecule has 0 saturated carbocycles. The fourth-order valence-electron chi connectivity index (χ4n) is 3.42. The van der Waals surface area contributed by atoms with Crippen molar-refractivity contribution in [3.63, 3.8) is 0 Å². The van der Waals surface area contributed by atoms with Crippen molar-refractivity contribution >= 4 is 52.8 Å². The van der Waals surface area contributed by atoms with E-state index in [0.717, 1.165) is 4.90 Å². The standard InChI is InChI=1S/C25H17Cl2FN2O5/c1-34-21-11-15(10-20(27)22(21)35-13-14-4-2-6-17(28)8-14)9-19-23(31)29-25(33)30(24(19)32)18-7-3-5-16(26)12-18/h2-12H,13H2,1H3,(H,29,31,33)/b19-9+. The molecule has 7 nitrogen and oxygen atoms in total. The lowest BCUT2D eigenvalue weighted by atomic mass is 10.1. The summed E-state index contributed by atoms with van der Waals surface area (Å²) >= 11 is 12.4. The Morgan fingerprint density at radius 1 is 1.03 bits per heavy atom. The molecule has 0 unspecified atom stereocenters. The number of anilines is 1. The summed E-state index contributed by atoms with van der Waals surface area (Å²) in [6.45, 7) is 0.0336. The van der Waals surface area contributed by atoms with Crippen LogP contribution in [0.3, 0.4) is 0 Å². The van der Waals surface area contributed by atoms with Crippen LogP contribution in [0.15, 0.2) is 66.2 Å². The topological polar surface area (TPSA) is 84.9 Å². The van der Waals surface area contributed by atoms with Gasteiger partial charge in [0.25, 0.3) is 11.8 Å². The van der Waals surface area contributed by atoms with Gasteiger partial charge in [-0.1, -0.05) is 41.4 Å². The number of nitrogens with one attached hydrogen (secondary N) is 1. The number of nitrogens with zero attached hydrogens (tertiary/aromatic N) is 1. The second kappa shape index (κ2) is 10.2. The van der Waals surface area contributed by atoms with E-state index in [9.17, 15) is 18.8 Å². The molecule has 0 aliphatic carbocycles. The van der Waals surface area contributed by atoms with Crippen LogP contribution < -0.4 is 19.7 Å². The molecule has 1 aliphatic heterocycles. The predicted molar refractivity (Wildman–Crippen MR) is 129 cm³/mol. The lowest BCUT2D eigenvalue weighted by molar-refractivity contribution is -0.122. The van der Waals surface area contributed by atoms with E-state index >= 15 is 0 Å². The molecule has 3 aromatic rings. The van der Waals surface area contributed by atoms with Gasteiger partial charge >= 0.3 is 6.03 Å². The van der Waals surface area contributed by atoms with Crippen molar-refractivity contribution in [1.29, 1.82) is 0 Å². The molecule has 0 bridgehead atoms. The molecular formula is C25H17Cl2FN2O5. The van der Waals surface area contributed by atoms with Gasteiger partial charge in [0.05, 0.1) is 17.8 Å². The molecule has 1 saturated heterocycles. The van der Waals surface area contributed by atoms with E-state index in [1.54, 1.807) is 24.3 Å². The Bertz CT molecular complexity index is 1380. The number of imide groups is 2. The zero-order chi connectivity index (χ0) is 25.1. The molecule has 1 N–H and O–H groups in total. The minimum Gasteiger partial charge on any atom is -0.493 e. The SMILES string of the molecule is COc1cc(/C=C2\C(=O)NC(=O)N(c3cccc(Cl)c3)C2=O)cc(Cl)c1OCc1cccc(F)c1. The number of ether oxygens (including phenoxy) is 2. The first kappa shape index (κ1) is 24.3. The highest BCUT2D eigenvalue weighted by atomic mass is 35.5. The van der Waals surface area contributed by atoms with Crippen LogP contribution in [0.4, 0.5) is 14.9 Å². The fraction of sp³-hybridized carbons (Fsp3) is 0.0800. The van der Waals surface area contributed by atoms with Crippen LogP contribution in [0.2, 0.25) is 10.0 Å². The van der Waals surface area contributed by atoms with Crippen LogP contribution in [0.25, 0.3) is 6.08 Å². The van der Waals surface area contributed by atoms with Crippen molar-refractivity contribution < 1.29 is 28.2 Å². The largest absolute Gasteiger partial charge is 0.493 e. The van der Waals surface area contributed by atoms with E-state index in [4.69, 9.17) is 32.7 Å². The highest BCUT2D eigenvalue weighted by molar-refractivity contribution is 6.39. The fourth-order valence-corrected chi connectivity index (χ4v) is 3.88. The average molecular weight is 515 g/mol. The van der Waals surface area contributed by atoms with Gasteiger partial charge in [0.1, 0.15) is 18.0 Å². The van der Waals surface area contributed by atoms with Crippen LogP contribution in [-0.2, 0) is 16.2 Å². The third kappa shape index (κ3) is 5.29. The minimum absolute atomic E-state index is 0.0336. The Morgan fingerprint density at radius 2 is 1.80 bits per heavy atom. The average Bonchev–Trinajstić information content (AvgIpc) is 2.80. The summed E-state index contributed by atoms with van der Waals surface area (Å²) in [5.74, 6) is -1.66. The number of rotatable bonds is 6. The number of benzene rings is 3. The van der Waals surface area contributed by atoms with Gasteiger partial charge < -0.3 is 9.47 Å². The Balaban J connectivity index is 1.64. The Kier molecular flexibility index (Phi) is 7.04. The molecule has 1 heterocycles. The first-order valence-electron chi connectivity index (χ1n) is 10.2. The molecule has 10 heteroatoms. The second-order valence-electron chi connectivity index (χ2n) is 7.39. The summed E-state index contributed by atoms with van der Waals surface area (Å²) in [6.07, 6.45) is 1.28. The van der Waals surface area contributed by atoms with Crippen molar-refractivity contribution in [3.05, 3.63) is 93.2 Å². The maximum Gasteiger partial charge on any atom is 0.335 e. The number of halogens is 3. The van der Waals surface area contributed by atoms with Crippen molar-refractivity contribution in [2.45, 2.75) is 6.61 Å². The number of barbiturate groups is 1. The van der Waals surface area contributed by atoms with Crippen LogP contribution in [-0.4, -0.2) is 25.0 Å². The minimum atomic E-state index is -0.892. The van der Waals surface area contributed by atoms with Gasteiger partial charge in [-0.05, 0) is 59.7 Å². The molecule has 3 aromatic carbocycles. The maximum atomic E-state index is 13.4. The summed E-state index contributed by atoms with van der Waals surface area (Å²) in [5.41, 5.74) is 0.847. The number of carbonyl (C=O) groups is 3. The molecule has 1 aliphatic rings. The van der Waals surface area contributed by atoms with Crippen LogP contribution in [0, 0.1) is 5.82 Å². The number of methoxy groups -OCH3 is 1. The van der Waals surface area contributed by atoms with Crippen LogP contribution in [0.5, 0.6) is 11.5 Å². The molecule has 0 atom stereocenters. The number of carbonyl (C=O) groups excluding carboxylic acids is 3. The lowest BCUT2D eigenvalue weighted by Crippen LogP contribution is -2.54. The van der Waals surface area contributed by atoms with E-state index < -0.39 is 23.7 Å². The first-order chi connectivity index (χ1) is 16.8. The second-order valence-corrected chi connectivity index (χ2v) is 8.23. The first-order valence-corrected chi connectivity index (χ1v) is 10.9. The molecule has 0 radical (unpaired) electrons. The quantitative estimate of drug-likeness (QED) is 0.352. The molecule has 0 spiro atoms. The number of amides is 4. The van der Waals surface area contributed by atoms with Gasteiger partial charge in [-0.2, -0.15) is 0 Å². The predicted octanol–water partition coefficient (Wildman–Crippen LogP) is 5.39. The molecule has 35 heavy (non-hydrogen) atoms. The van der Waals surface area contributed by atoms with Gasteiger partial charge in [-0.15, -0.1) is 0 Å². The number of hydrogen-bond donors (Lipinski definition) is 1. The van der Waals surface area contributed by atoms with Crippen LogP contribution >= 0.6 is 23.2 Å². The summed E-state index contributed by atoms with van der Waals surface area (Å²) in [5, 5.41) is 2.60. The van der Waals surface area contributed by atoms with Gasteiger partial charge in [0.2, 0.25) is 0 Å². The summed E-state index contributed by atoms with van der Waals surface area (Å²) in [4.78, 5) is 38.7. The monoisotopic (exact) mass is 514 g/mol. The Hall–Kier alpha value is -3.88. The highest BCUT2D eigenvalue weighted by Crippen LogP contribution is 2.38. The Labute approximate surface area is 209 Å². The normalized spacial score (nSPS) is 14.8. The lowest BCUT2D eigenvalue weighted by Gasteiger charge is -2.26. The molecule has 1 fully saturated rings. The smallest absolute Gasteiger partial charge is 0.335 e. The van der Waals surface area contributed by atoms with Crippen LogP contribution in [0.1, 0.15) is 11.1 Å². The van der Waals surface area contributed by atoms with E-state index in [1.165, 1.54) is 49.6 Å². The molecule has 4 rings (SSSR count). The summed E-state index contributed by atoms with van der Waals surface area (Å²) in [7, 11) is 1.40.